The van der Waals surface area contributed by atoms with E-state index < -0.39 is 12.1 Å². The Labute approximate surface area is 161 Å². The van der Waals surface area contributed by atoms with Crippen molar-refractivity contribution >= 4 is 23.8 Å². The maximum absolute atomic E-state index is 11.4. The number of benzene rings is 1. The fourth-order valence-corrected chi connectivity index (χ4v) is 2.97. The molecule has 0 aliphatic carbocycles. The third-order valence-electron chi connectivity index (χ3n) is 4.35. The number of nitrogen functional groups attached to an aromatic ring is 2. The van der Waals surface area contributed by atoms with Crippen molar-refractivity contribution in [2.24, 2.45) is 0 Å². The number of hydrogen-bond acceptors (Lipinski definition) is 8. The third kappa shape index (κ3) is 3.78. The number of carboxylic acid groups (broad SMARTS) is 1. The van der Waals surface area contributed by atoms with E-state index in [1.165, 1.54) is 7.11 Å². The monoisotopic (exact) mass is 386 g/mol. The lowest BCUT2D eigenvalue weighted by molar-refractivity contribution is -0.145. The number of rotatable bonds is 7. The molecule has 28 heavy (non-hydrogen) atoms. The van der Waals surface area contributed by atoms with Gasteiger partial charge in [-0.15, -0.1) is 0 Å². The van der Waals surface area contributed by atoms with Crippen LogP contribution in [0.2, 0.25) is 0 Å². The molecule has 9 heteroatoms. The molecular formula is C19H22N4O5. The number of carboxylic acids is 1. The molecule has 1 unspecified atom stereocenters. The van der Waals surface area contributed by atoms with Crippen molar-refractivity contribution in [3.63, 3.8) is 0 Å². The Bertz CT molecular complexity index is 929. The number of hydrogen-bond donors (Lipinski definition) is 3. The molecule has 0 radical (unpaired) electrons. The highest BCUT2D eigenvalue weighted by Crippen LogP contribution is 2.45. The molecule has 3 rings (SSSR count). The summed E-state index contributed by atoms with van der Waals surface area (Å²) in [6.07, 6.45) is 5.03. The Morgan fingerprint density at radius 2 is 2.18 bits per heavy atom. The van der Waals surface area contributed by atoms with E-state index in [4.69, 9.17) is 25.7 Å². The predicted molar refractivity (Wildman–Crippen MR) is 104 cm³/mol. The molecule has 148 valence electrons. The molecule has 1 aliphatic heterocycles. The Morgan fingerprint density at radius 3 is 2.82 bits per heavy atom. The number of aliphatic carboxylic acids is 1. The molecule has 1 atom stereocenters. The number of anilines is 2. The second-order valence-corrected chi connectivity index (χ2v) is 6.19. The van der Waals surface area contributed by atoms with Gasteiger partial charge < -0.3 is 30.8 Å². The second-order valence-electron chi connectivity index (χ2n) is 6.19. The summed E-state index contributed by atoms with van der Waals surface area (Å²) in [5.41, 5.74) is 13.8. The highest BCUT2D eigenvalue weighted by Gasteiger charge is 2.26. The molecule has 1 aliphatic rings. The first-order valence-electron chi connectivity index (χ1n) is 8.74. The molecule has 9 nitrogen and oxygen atoms in total. The van der Waals surface area contributed by atoms with Crippen molar-refractivity contribution in [1.29, 1.82) is 0 Å². The number of methoxy groups -OCH3 is 1. The molecule has 2 heterocycles. The summed E-state index contributed by atoms with van der Waals surface area (Å²) in [6, 6.07) is 1.73. The van der Waals surface area contributed by atoms with Crippen LogP contribution in [0.5, 0.6) is 17.2 Å². The molecular weight excluding hydrogens is 364 g/mol. The number of ether oxygens (including phenoxy) is 3. The van der Waals surface area contributed by atoms with E-state index in [-0.39, 0.29) is 17.5 Å². The van der Waals surface area contributed by atoms with E-state index in [9.17, 15) is 9.90 Å². The Kier molecular flexibility index (Phi) is 5.53. The largest absolute Gasteiger partial charge is 0.490 e. The van der Waals surface area contributed by atoms with Crippen LogP contribution < -0.4 is 25.7 Å². The lowest BCUT2D eigenvalue weighted by Gasteiger charge is -2.23. The van der Waals surface area contributed by atoms with E-state index in [1.807, 2.05) is 12.2 Å². The smallest absolute Gasteiger partial charge is 0.344 e. The van der Waals surface area contributed by atoms with Crippen LogP contribution in [0, 0.1) is 0 Å². The molecule has 0 saturated carbocycles. The van der Waals surface area contributed by atoms with Crippen LogP contribution in [-0.2, 0) is 11.2 Å². The number of nitrogens with zero attached hydrogens (tertiary/aromatic N) is 2. The summed E-state index contributed by atoms with van der Waals surface area (Å²) in [4.78, 5) is 19.4. The van der Waals surface area contributed by atoms with E-state index in [0.717, 1.165) is 11.1 Å². The highest BCUT2D eigenvalue weighted by atomic mass is 16.6. The zero-order valence-electron chi connectivity index (χ0n) is 15.6. The van der Waals surface area contributed by atoms with Crippen molar-refractivity contribution in [1.82, 2.24) is 9.97 Å². The average Bonchev–Trinajstić information content (AvgIpc) is 2.68. The minimum Gasteiger partial charge on any atom is -0.490 e. The zero-order chi connectivity index (χ0) is 20.3. The normalized spacial score (nSPS) is 13.4. The molecule has 1 aromatic carbocycles. The topological polar surface area (TPSA) is 143 Å². The minimum absolute atomic E-state index is 0.0949. The summed E-state index contributed by atoms with van der Waals surface area (Å²) in [5, 5.41) is 9.35. The number of aromatic nitrogens is 2. The summed E-state index contributed by atoms with van der Waals surface area (Å²) >= 11 is 0. The van der Waals surface area contributed by atoms with Gasteiger partial charge in [0.1, 0.15) is 12.4 Å². The van der Waals surface area contributed by atoms with Gasteiger partial charge in [-0.3, -0.25) is 0 Å². The van der Waals surface area contributed by atoms with Crippen molar-refractivity contribution in [3.05, 3.63) is 35.0 Å². The van der Waals surface area contributed by atoms with E-state index in [0.29, 0.717) is 36.5 Å². The third-order valence-corrected chi connectivity index (χ3v) is 4.35. The molecule has 0 bridgehead atoms. The predicted octanol–water partition coefficient (Wildman–Crippen LogP) is 1.89. The summed E-state index contributed by atoms with van der Waals surface area (Å²) in [7, 11) is 1.48. The highest BCUT2D eigenvalue weighted by molar-refractivity contribution is 5.75. The molecule has 0 spiro atoms. The first-order valence-corrected chi connectivity index (χ1v) is 8.74. The Morgan fingerprint density at radius 1 is 1.39 bits per heavy atom. The number of carbonyl (C=O) groups is 1. The van der Waals surface area contributed by atoms with Crippen LogP contribution in [0.4, 0.5) is 11.8 Å². The van der Waals surface area contributed by atoms with Gasteiger partial charge in [-0.05, 0) is 24.1 Å². The molecule has 1 aromatic heterocycles. The van der Waals surface area contributed by atoms with Gasteiger partial charge in [0.15, 0.2) is 17.6 Å². The first kappa shape index (κ1) is 19.3. The fraction of sp³-hybridized carbons (Fsp3) is 0.316. The Balaban J connectivity index is 2.09. The van der Waals surface area contributed by atoms with E-state index >= 15 is 0 Å². The summed E-state index contributed by atoms with van der Waals surface area (Å²) in [5.74, 6) is 0.447. The van der Waals surface area contributed by atoms with Gasteiger partial charge >= 0.3 is 5.97 Å². The second kappa shape index (κ2) is 8.03. The van der Waals surface area contributed by atoms with Crippen LogP contribution in [-0.4, -0.2) is 40.9 Å². The SMILES string of the molecule is CCC(Oc1cc(Cc2cnc(N)nc2N)c2c(c1OC)OCC=C2)C(=O)O. The lowest BCUT2D eigenvalue weighted by atomic mass is 9.97. The number of nitrogens with two attached hydrogens (primary N) is 2. The van der Waals surface area contributed by atoms with Crippen LogP contribution in [0.1, 0.15) is 30.0 Å². The van der Waals surface area contributed by atoms with Gasteiger partial charge in [0.25, 0.3) is 0 Å². The standard InChI is InChI=1S/C19H22N4O5/c1-3-13(18(24)25)28-14-8-10(7-11-9-22-19(21)23-17(11)20)12-5-4-6-27-15(12)16(14)26-2/h4-5,8-9,13H,3,6-7H2,1-2H3,(H,24,25)(H4,20,21,22,23). The van der Waals surface area contributed by atoms with Gasteiger partial charge in [0, 0.05) is 23.7 Å². The Hall–Kier alpha value is -3.49. The van der Waals surface area contributed by atoms with Crippen molar-refractivity contribution in [2.75, 3.05) is 25.2 Å². The van der Waals surface area contributed by atoms with Crippen molar-refractivity contribution in [2.45, 2.75) is 25.9 Å². The summed E-state index contributed by atoms with van der Waals surface area (Å²) < 4.78 is 17.0. The van der Waals surface area contributed by atoms with E-state index in [1.54, 1.807) is 19.2 Å². The maximum atomic E-state index is 11.4. The molecule has 0 amide bonds. The van der Waals surface area contributed by atoms with Gasteiger partial charge in [-0.2, -0.15) is 4.98 Å². The maximum Gasteiger partial charge on any atom is 0.344 e. The molecule has 2 aromatic rings. The van der Waals surface area contributed by atoms with Crippen LogP contribution in [0.25, 0.3) is 6.08 Å². The summed E-state index contributed by atoms with van der Waals surface area (Å²) in [6.45, 7) is 2.10. The quantitative estimate of drug-likeness (QED) is 0.650. The number of fused-ring (bicyclic) bond motifs is 1. The van der Waals surface area contributed by atoms with Crippen LogP contribution in [0.15, 0.2) is 18.3 Å². The van der Waals surface area contributed by atoms with Crippen molar-refractivity contribution < 1.29 is 24.1 Å². The van der Waals surface area contributed by atoms with Gasteiger partial charge in [0.2, 0.25) is 11.7 Å². The molecule has 0 fully saturated rings. The zero-order valence-corrected chi connectivity index (χ0v) is 15.6. The molecule has 5 N–H and O–H groups in total. The van der Waals surface area contributed by atoms with Crippen LogP contribution >= 0.6 is 0 Å². The average molecular weight is 386 g/mol. The van der Waals surface area contributed by atoms with Crippen molar-refractivity contribution in [3.8, 4) is 17.2 Å². The van der Waals surface area contributed by atoms with Crippen LogP contribution in [0.3, 0.4) is 0 Å². The van der Waals surface area contributed by atoms with Gasteiger partial charge in [0.05, 0.1) is 7.11 Å². The van der Waals surface area contributed by atoms with Gasteiger partial charge in [-0.25, -0.2) is 9.78 Å². The van der Waals surface area contributed by atoms with Gasteiger partial charge in [-0.1, -0.05) is 13.0 Å². The molecule has 0 saturated heterocycles. The first-order chi connectivity index (χ1) is 13.4. The minimum atomic E-state index is -1.05. The van der Waals surface area contributed by atoms with E-state index in [2.05, 4.69) is 9.97 Å². The fourth-order valence-electron chi connectivity index (χ4n) is 2.97. The lowest BCUT2D eigenvalue weighted by Crippen LogP contribution is -2.26.